The van der Waals surface area contributed by atoms with Crippen molar-refractivity contribution in [2.24, 2.45) is 5.92 Å². The smallest absolute Gasteiger partial charge is 0.260 e. The van der Waals surface area contributed by atoms with Crippen LogP contribution in [0, 0.1) is 5.92 Å². The van der Waals surface area contributed by atoms with Crippen molar-refractivity contribution in [3.8, 4) is 22.1 Å². The van der Waals surface area contributed by atoms with Crippen molar-refractivity contribution in [3.63, 3.8) is 0 Å². The van der Waals surface area contributed by atoms with Crippen molar-refractivity contribution in [1.29, 1.82) is 0 Å². The van der Waals surface area contributed by atoms with E-state index in [-0.39, 0.29) is 24.3 Å². The second kappa shape index (κ2) is 11.7. The average Bonchev–Trinajstić information content (AvgIpc) is 3.37. The molecule has 0 saturated carbocycles. The molecule has 0 atom stereocenters. The summed E-state index contributed by atoms with van der Waals surface area (Å²) in [7, 11) is 1.60. The van der Waals surface area contributed by atoms with Gasteiger partial charge in [-0.1, -0.05) is 30.3 Å². The van der Waals surface area contributed by atoms with E-state index in [0.29, 0.717) is 44.6 Å². The lowest BCUT2D eigenvalue weighted by molar-refractivity contribution is -0.137. The van der Waals surface area contributed by atoms with Gasteiger partial charge in [-0.2, -0.15) is 0 Å². The number of rotatable bonds is 9. The molecule has 0 bridgehead atoms. The Bertz CT molecular complexity index is 1080. The average molecular weight is 480 g/mol. The summed E-state index contributed by atoms with van der Waals surface area (Å²) >= 11 is 1.62. The molecule has 0 aliphatic carbocycles. The Morgan fingerprint density at radius 2 is 1.76 bits per heavy atom. The second-order valence-corrected chi connectivity index (χ2v) is 9.03. The van der Waals surface area contributed by atoms with Gasteiger partial charge in [0, 0.05) is 42.9 Å². The minimum Gasteiger partial charge on any atom is -0.497 e. The summed E-state index contributed by atoms with van der Waals surface area (Å²) in [5.41, 5.74) is 2.10. The number of hydrogen-bond donors (Lipinski definition) is 1. The number of nitrogens with one attached hydrogen (secondary N) is 1. The van der Waals surface area contributed by atoms with Gasteiger partial charge in [0.15, 0.2) is 6.61 Å². The molecule has 2 amide bonds. The van der Waals surface area contributed by atoms with Crippen molar-refractivity contribution < 1.29 is 19.1 Å². The molecule has 0 radical (unpaired) electrons. The number of nitrogens with zero attached hydrogens (tertiary/aromatic N) is 2. The van der Waals surface area contributed by atoms with E-state index >= 15 is 0 Å². The highest BCUT2D eigenvalue weighted by atomic mass is 32.1. The highest BCUT2D eigenvalue weighted by molar-refractivity contribution is 7.13. The third-order valence-corrected chi connectivity index (χ3v) is 6.83. The number of carbonyl (C=O) groups excluding carboxylic acids is 2. The number of amides is 2. The van der Waals surface area contributed by atoms with E-state index in [1.165, 1.54) is 0 Å². The van der Waals surface area contributed by atoms with Gasteiger partial charge in [-0.05, 0) is 37.1 Å². The molecule has 4 rings (SSSR count). The van der Waals surface area contributed by atoms with Crippen molar-refractivity contribution in [1.82, 2.24) is 15.2 Å². The fraction of sp³-hybridized carbons (Fsp3) is 0.346. The van der Waals surface area contributed by atoms with Gasteiger partial charge in [0.25, 0.3) is 5.91 Å². The van der Waals surface area contributed by atoms with Crippen LogP contribution in [0.1, 0.15) is 18.5 Å². The maximum atomic E-state index is 12.6. The molecule has 1 aliphatic heterocycles. The van der Waals surface area contributed by atoms with Gasteiger partial charge in [0.2, 0.25) is 5.91 Å². The SMILES string of the molecule is COc1ccc(OCC(=O)N2CCC(C(=O)NCCc3csc(-c4ccccc4)n3)CC2)cc1. The van der Waals surface area contributed by atoms with E-state index in [2.05, 4.69) is 10.3 Å². The molecule has 7 nitrogen and oxygen atoms in total. The van der Waals surface area contributed by atoms with E-state index in [4.69, 9.17) is 9.47 Å². The zero-order valence-corrected chi connectivity index (χ0v) is 20.1. The van der Waals surface area contributed by atoms with Gasteiger partial charge in [-0.25, -0.2) is 4.98 Å². The summed E-state index contributed by atoms with van der Waals surface area (Å²) in [6.45, 7) is 1.68. The van der Waals surface area contributed by atoms with Crippen LogP contribution >= 0.6 is 11.3 Å². The van der Waals surface area contributed by atoms with E-state index < -0.39 is 0 Å². The number of likely N-dealkylation sites (tertiary alicyclic amines) is 1. The summed E-state index contributed by atoms with van der Waals surface area (Å²) in [5, 5.41) is 6.08. The molecule has 1 aliphatic rings. The van der Waals surface area contributed by atoms with Gasteiger partial charge in [0.05, 0.1) is 12.8 Å². The summed E-state index contributed by atoms with van der Waals surface area (Å²) < 4.78 is 10.7. The van der Waals surface area contributed by atoms with E-state index in [1.54, 1.807) is 47.6 Å². The van der Waals surface area contributed by atoms with Crippen molar-refractivity contribution in [2.75, 3.05) is 33.4 Å². The maximum absolute atomic E-state index is 12.6. The van der Waals surface area contributed by atoms with Gasteiger partial charge >= 0.3 is 0 Å². The second-order valence-electron chi connectivity index (χ2n) is 8.17. The first-order valence-corrected chi connectivity index (χ1v) is 12.3. The van der Waals surface area contributed by atoms with Crippen LogP contribution in [0.15, 0.2) is 60.0 Å². The first kappa shape index (κ1) is 23.8. The fourth-order valence-electron chi connectivity index (χ4n) is 3.89. The number of benzene rings is 2. The summed E-state index contributed by atoms with van der Waals surface area (Å²) in [6, 6.07) is 17.2. The number of hydrogen-bond acceptors (Lipinski definition) is 6. The fourth-order valence-corrected chi connectivity index (χ4v) is 4.75. The van der Waals surface area contributed by atoms with Crippen molar-refractivity contribution in [2.45, 2.75) is 19.3 Å². The molecule has 1 aromatic heterocycles. The molecular weight excluding hydrogens is 450 g/mol. The van der Waals surface area contributed by atoms with Crippen LogP contribution in [0.25, 0.3) is 10.6 Å². The zero-order chi connectivity index (χ0) is 23.8. The maximum Gasteiger partial charge on any atom is 0.260 e. The van der Waals surface area contributed by atoms with E-state index in [9.17, 15) is 9.59 Å². The van der Waals surface area contributed by atoms with Crippen LogP contribution in [0.2, 0.25) is 0 Å². The molecule has 34 heavy (non-hydrogen) atoms. The molecular formula is C26H29N3O4S. The lowest BCUT2D eigenvalue weighted by Crippen LogP contribution is -2.44. The molecule has 1 saturated heterocycles. The number of ether oxygens (including phenoxy) is 2. The predicted molar refractivity (Wildman–Crippen MR) is 132 cm³/mol. The van der Waals surface area contributed by atoms with Gasteiger partial charge in [0.1, 0.15) is 16.5 Å². The molecule has 0 spiro atoms. The molecule has 0 unspecified atom stereocenters. The van der Waals surface area contributed by atoms with E-state index in [0.717, 1.165) is 22.0 Å². The molecule has 3 aromatic rings. The lowest BCUT2D eigenvalue weighted by atomic mass is 9.96. The summed E-state index contributed by atoms with van der Waals surface area (Å²) in [5.74, 6) is 1.29. The number of methoxy groups -OCH3 is 1. The van der Waals surface area contributed by atoms with Crippen LogP contribution in [0.4, 0.5) is 0 Å². The Labute approximate surface area is 203 Å². The van der Waals surface area contributed by atoms with Crippen LogP contribution in [-0.4, -0.2) is 55.0 Å². The van der Waals surface area contributed by atoms with Gasteiger partial charge < -0.3 is 19.7 Å². The van der Waals surface area contributed by atoms with E-state index in [1.807, 2.05) is 35.7 Å². The van der Waals surface area contributed by atoms with Crippen LogP contribution in [0.3, 0.4) is 0 Å². The predicted octanol–water partition coefficient (Wildman–Crippen LogP) is 3.80. The normalized spacial score (nSPS) is 14.0. The minimum atomic E-state index is -0.0677. The Kier molecular flexibility index (Phi) is 8.14. The number of piperidine rings is 1. The Morgan fingerprint density at radius 3 is 2.47 bits per heavy atom. The molecule has 2 aromatic carbocycles. The van der Waals surface area contributed by atoms with Crippen LogP contribution < -0.4 is 14.8 Å². The number of aromatic nitrogens is 1. The third-order valence-electron chi connectivity index (χ3n) is 5.89. The van der Waals surface area contributed by atoms with Crippen LogP contribution in [0.5, 0.6) is 11.5 Å². The summed E-state index contributed by atoms with van der Waals surface area (Å²) in [4.78, 5) is 31.5. The molecule has 8 heteroatoms. The Balaban J connectivity index is 1.15. The van der Waals surface area contributed by atoms with Crippen molar-refractivity contribution in [3.05, 3.63) is 65.7 Å². The molecule has 178 valence electrons. The van der Waals surface area contributed by atoms with Crippen LogP contribution in [-0.2, 0) is 16.0 Å². The lowest BCUT2D eigenvalue weighted by Gasteiger charge is -2.31. The van der Waals surface area contributed by atoms with Gasteiger partial charge in [-0.3, -0.25) is 9.59 Å². The molecule has 1 fully saturated rings. The Hall–Kier alpha value is -3.39. The largest absolute Gasteiger partial charge is 0.497 e. The first-order chi connectivity index (χ1) is 16.6. The standard InChI is InChI=1S/C26H29N3O4S/c1-32-22-7-9-23(10-8-22)33-17-24(30)29-15-12-19(13-16-29)25(31)27-14-11-21-18-34-26(28-21)20-5-3-2-4-6-20/h2-10,18-19H,11-17H2,1H3,(H,27,31). The molecule has 1 N–H and O–H groups in total. The quantitative estimate of drug-likeness (QED) is 0.505. The third kappa shape index (κ3) is 6.35. The highest BCUT2D eigenvalue weighted by Crippen LogP contribution is 2.23. The topological polar surface area (TPSA) is 80.8 Å². The first-order valence-electron chi connectivity index (χ1n) is 11.4. The highest BCUT2D eigenvalue weighted by Gasteiger charge is 2.27. The molecule has 2 heterocycles. The monoisotopic (exact) mass is 479 g/mol. The minimum absolute atomic E-state index is 0.0121. The zero-order valence-electron chi connectivity index (χ0n) is 19.2. The number of thiazole rings is 1. The number of carbonyl (C=O) groups is 2. The Morgan fingerprint density at radius 1 is 1.06 bits per heavy atom. The summed E-state index contributed by atoms with van der Waals surface area (Å²) in [6.07, 6.45) is 2.03. The van der Waals surface area contributed by atoms with Gasteiger partial charge in [-0.15, -0.1) is 11.3 Å². The van der Waals surface area contributed by atoms with Crippen molar-refractivity contribution >= 4 is 23.2 Å².